The van der Waals surface area contributed by atoms with Crippen molar-refractivity contribution in [2.75, 3.05) is 44.7 Å². The zero-order chi connectivity index (χ0) is 13.7. The Kier molecular flexibility index (Phi) is 5.06. The summed E-state index contributed by atoms with van der Waals surface area (Å²) in [5.74, 6) is 0.299. The van der Waals surface area contributed by atoms with Crippen LogP contribution in [0.2, 0.25) is 0 Å². The van der Waals surface area contributed by atoms with Crippen LogP contribution in [0, 0.1) is 10.1 Å². The van der Waals surface area contributed by atoms with Gasteiger partial charge in [0.1, 0.15) is 4.47 Å². The molecule has 0 amide bonds. The van der Waals surface area contributed by atoms with Gasteiger partial charge in [-0.15, -0.1) is 0 Å². The van der Waals surface area contributed by atoms with Gasteiger partial charge in [-0.1, -0.05) is 0 Å². The summed E-state index contributed by atoms with van der Waals surface area (Å²) in [7, 11) is 0. The molecule has 1 saturated heterocycles. The molecule has 1 fully saturated rings. The minimum absolute atomic E-state index is 0.0236. The van der Waals surface area contributed by atoms with Crippen molar-refractivity contribution in [2.45, 2.75) is 0 Å². The summed E-state index contributed by atoms with van der Waals surface area (Å²) in [5, 5.41) is 14.0. The zero-order valence-corrected chi connectivity index (χ0v) is 11.9. The highest BCUT2D eigenvalue weighted by Gasteiger charge is 2.19. The third-order valence-corrected chi connectivity index (χ3v) is 3.52. The molecule has 0 aliphatic carbocycles. The molecular formula is C11H15BrN4O3. The maximum absolute atomic E-state index is 11.0. The van der Waals surface area contributed by atoms with Crippen molar-refractivity contribution < 1.29 is 9.66 Å². The SMILES string of the molecule is O=[N+]([O-])c1c(Br)ccnc1NCCN1CCOCC1. The lowest BCUT2D eigenvalue weighted by Crippen LogP contribution is -2.39. The number of halogens is 1. The maximum Gasteiger partial charge on any atom is 0.325 e. The van der Waals surface area contributed by atoms with Gasteiger partial charge in [0.05, 0.1) is 18.1 Å². The molecule has 1 aromatic rings. The lowest BCUT2D eigenvalue weighted by atomic mass is 10.3. The van der Waals surface area contributed by atoms with Gasteiger partial charge in [0.2, 0.25) is 5.82 Å². The monoisotopic (exact) mass is 330 g/mol. The van der Waals surface area contributed by atoms with Crippen LogP contribution >= 0.6 is 15.9 Å². The van der Waals surface area contributed by atoms with Crippen LogP contribution in [0.4, 0.5) is 11.5 Å². The van der Waals surface area contributed by atoms with Gasteiger partial charge < -0.3 is 10.1 Å². The molecule has 19 heavy (non-hydrogen) atoms. The fourth-order valence-electron chi connectivity index (χ4n) is 1.89. The number of pyridine rings is 1. The summed E-state index contributed by atoms with van der Waals surface area (Å²) in [6.45, 7) is 4.72. The van der Waals surface area contributed by atoms with Gasteiger partial charge in [0.15, 0.2) is 0 Å². The van der Waals surface area contributed by atoms with E-state index in [1.165, 1.54) is 6.20 Å². The summed E-state index contributed by atoms with van der Waals surface area (Å²) < 4.78 is 5.69. The van der Waals surface area contributed by atoms with Crippen molar-refractivity contribution >= 4 is 27.4 Å². The molecule has 1 aliphatic heterocycles. The first kappa shape index (κ1) is 14.2. The fourth-order valence-corrected chi connectivity index (χ4v) is 2.34. The average molecular weight is 331 g/mol. The van der Waals surface area contributed by atoms with Crippen LogP contribution in [0.5, 0.6) is 0 Å². The molecule has 7 nitrogen and oxygen atoms in total. The topological polar surface area (TPSA) is 80.5 Å². The molecule has 0 unspecified atom stereocenters. The van der Waals surface area contributed by atoms with Gasteiger partial charge in [-0.3, -0.25) is 15.0 Å². The number of anilines is 1. The third kappa shape index (κ3) is 3.85. The Morgan fingerprint density at radius 3 is 2.95 bits per heavy atom. The lowest BCUT2D eigenvalue weighted by Gasteiger charge is -2.26. The van der Waals surface area contributed by atoms with Gasteiger partial charge >= 0.3 is 5.69 Å². The number of nitrogens with zero attached hydrogens (tertiary/aromatic N) is 3. The number of nitrogens with one attached hydrogen (secondary N) is 1. The number of hydrogen-bond donors (Lipinski definition) is 1. The highest BCUT2D eigenvalue weighted by atomic mass is 79.9. The molecule has 1 N–H and O–H groups in total. The molecule has 0 bridgehead atoms. The van der Waals surface area contributed by atoms with Crippen LogP contribution in [0.1, 0.15) is 0 Å². The first-order valence-electron chi connectivity index (χ1n) is 6.01. The Bertz CT molecular complexity index is 452. The number of nitro groups is 1. The van der Waals surface area contributed by atoms with E-state index in [4.69, 9.17) is 4.74 Å². The summed E-state index contributed by atoms with van der Waals surface area (Å²) in [4.78, 5) is 16.8. The molecular weight excluding hydrogens is 316 g/mol. The Labute approximate surface area is 119 Å². The van der Waals surface area contributed by atoms with Crippen LogP contribution in [0.25, 0.3) is 0 Å². The second-order valence-corrected chi connectivity index (χ2v) is 4.98. The van der Waals surface area contributed by atoms with Crippen molar-refractivity contribution in [2.24, 2.45) is 0 Å². The minimum atomic E-state index is -0.436. The zero-order valence-electron chi connectivity index (χ0n) is 10.3. The molecule has 0 atom stereocenters. The number of hydrogen-bond acceptors (Lipinski definition) is 6. The Morgan fingerprint density at radius 2 is 2.26 bits per heavy atom. The van der Waals surface area contributed by atoms with E-state index in [0.717, 1.165) is 32.8 Å². The smallest absolute Gasteiger partial charge is 0.325 e. The van der Waals surface area contributed by atoms with Crippen LogP contribution in [-0.2, 0) is 4.74 Å². The van der Waals surface area contributed by atoms with E-state index in [1.54, 1.807) is 6.07 Å². The van der Waals surface area contributed by atoms with Gasteiger partial charge in [0.25, 0.3) is 0 Å². The number of rotatable bonds is 5. The summed E-state index contributed by atoms with van der Waals surface area (Å²) in [6.07, 6.45) is 1.54. The first-order valence-corrected chi connectivity index (χ1v) is 6.80. The number of aromatic nitrogens is 1. The third-order valence-electron chi connectivity index (χ3n) is 2.88. The summed E-state index contributed by atoms with van der Waals surface area (Å²) in [5.41, 5.74) is -0.0236. The first-order chi connectivity index (χ1) is 9.18. The highest BCUT2D eigenvalue weighted by molar-refractivity contribution is 9.10. The van der Waals surface area contributed by atoms with Gasteiger partial charge in [-0.25, -0.2) is 4.98 Å². The molecule has 2 rings (SSSR count). The van der Waals surface area contributed by atoms with Crippen LogP contribution in [0.15, 0.2) is 16.7 Å². The summed E-state index contributed by atoms with van der Waals surface area (Å²) >= 11 is 3.17. The van der Waals surface area contributed by atoms with Crippen molar-refractivity contribution in [1.29, 1.82) is 0 Å². The fraction of sp³-hybridized carbons (Fsp3) is 0.545. The molecule has 104 valence electrons. The predicted molar refractivity (Wildman–Crippen MR) is 74.3 cm³/mol. The van der Waals surface area contributed by atoms with E-state index in [9.17, 15) is 10.1 Å². The van der Waals surface area contributed by atoms with Gasteiger partial charge in [-0.05, 0) is 22.0 Å². The normalized spacial score (nSPS) is 16.3. The molecule has 0 spiro atoms. The van der Waals surface area contributed by atoms with E-state index in [0.29, 0.717) is 16.8 Å². The van der Waals surface area contributed by atoms with Crippen LogP contribution < -0.4 is 5.32 Å². The second-order valence-electron chi connectivity index (χ2n) is 4.13. The molecule has 8 heteroatoms. The molecule has 0 radical (unpaired) electrons. The van der Waals surface area contributed by atoms with Crippen molar-refractivity contribution in [1.82, 2.24) is 9.88 Å². The molecule has 2 heterocycles. The molecule has 0 saturated carbocycles. The Morgan fingerprint density at radius 1 is 1.53 bits per heavy atom. The van der Waals surface area contributed by atoms with E-state index in [-0.39, 0.29) is 5.69 Å². The summed E-state index contributed by atoms with van der Waals surface area (Å²) in [6, 6.07) is 1.56. The molecule has 1 aliphatic rings. The Balaban J connectivity index is 1.92. The largest absolute Gasteiger partial charge is 0.379 e. The maximum atomic E-state index is 11.0. The van der Waals surface area contributed by atoms with Crippen LogP contribution in [-0.4, -0.2) is 54.2 Å². The van der Waals surface area contributed by atoms with Gasteiger partial charge in [-0.2, -0.15) is 0 Å². The molecule has 1 aromatic heterocycles. The average Bonchev–Trinajstić information content (AvgIpc) is 2.39. The second kappa shape index (κ2) is 6.78. The molecule has 0 aromatic carbocycles. The Hall–Kier alpha value is -1.25. The standard InChI is InChI=1S/C11H15BrN4O3/c12-9-1-2-13-11(10(9)16(17)18)14-3-4-15-5-7-19-8-6-15/h1-2H,3-8H2,(H,13,14). The quantitative estimate of drug-likeness (QED) is 0.650. The lowest BCUT2D eigenvalue weighted by molar-refractivity contribution is -0.385. The van der Waals surface area contributed by atoms with Gasteiger partial charge in [0, 0.05) is 32.4 Å². The van der Waals surface area contributed by atoms with E-state index in [1.807, 2.05) is 0 Å². The van der Waals surface area contributed by atoms with E-state index < -0.39 is 4.92 Å². The van der Waals surface area contributed by atoms with Crippen molar-refractivity contribution in [3.8, 4) is 0 Å². The van der Waals surface area contributed by atoms with Crippen molar-refractivity contribution in [3.63, 3.8) is 0 Å². The number of ether oxygens (including phenoxy) is 1. The van der Waals surface area contributed by atoms with E-state index >= 15 is 0 Å². The number of morpholine rings is 1. The minimum Gasteiger partial charge on any atom is -0.379 e. The predicted octanol–water partition coefficient (Wildman–Crippen LogP) is 1.50. The van der Waals surface area contributed by atoms with Crippen molar-refractivity contribution in [3.05, 3.63) is 26.9 Å². The van der Waals surface area contributed by atoms with E-state index in [2.05, 4.69) is 31.1 Å². The highest BCUT2D eigenvalue weighted by Crippen LogP contribution is 2.30. The van der Waals surface area contributed by atoms with Crippen LogP contribution in [0.3, 0.4) is 0 Å².